The first-order valence-electron chi connectivity index (χ1n) is 4.80. The van der Waals surface area contributed by atoms with Crippen molar-refractivity contribution < 1.29 is 9.53 Å². The number of hydrogen-bond donors (Lipinski definition) is 1. The van der Waals surface area contributed by atoms with Gasteiger partial charge in [0.1, 0.15) is 0 Å². The second-order valence-corrected chi connectivity index (χ2v) is 3.76. The van der Waals surface area contributed by atoms with Crippen molar-refractivity contribution in [1.82, 2.24) is 4.90 Å². The lowest BCUT2D eigenvalue weighted by Crippen LogP contribution is -2.43. The van der Waals surface area contributed by atoms with Crippen molar-refractivity contribution in [2.24, 2.45) is 5.73 Å². The lowest BCUT2D eigenvalue weighted by atomic mass is 10.1. The van der Waals surface area contributed by atoms with Crippen LogP contribution in [0.25, 0.3) is 0 Å². The van der Waals surface area contributed by atoms with Crippen LogP contribution in [0, 0.1) is 0 Å². The van der Waals surface area contributed by atoms with Gasteiger partial charge in [0.05, 0.1) is 6.10 Å². The van der Waals surface area contributed by atoms with Gasteiger partial charge in [-0.25, -0.2) is 4.79 Å². The van der Waals surface area contributed by atoms with Crippen LogP contribution in [0.5, 0.6) is 0 Å². The number of hydrogen-bond acceptors (Lipinski definition) is 3. The molecule has 13 heavy (non-hydrogen) atoms. The molecule has 0 aromatic carbocycles. The fraction of sp³-hybridized carbons (Fsp3) is 0.889. The van der Waals surface area contributed by atoms with Gasteiger partial charge in [-0.3, -0.25) is 0 Å². The molecule has 0 aromatic rings. The van der Waals surface area contributed by atoms with Gasteiger partial charge < -0.3 is 15.4 Å². The summed E-state index contributed by atoms with van der Waals surface area (Å²) in [4.78, 5) is 13.1. The van der Waals surface area contributed by atoms with Crippen molar-refractivity contribution in [3.8, 4) is 0 Å². The van der Waals surface area contributed by atoms with E-state index in [1.165, 1.54) is 0 Å². The van der Waals surface area contributed by atoms with Gasteiger partial charge in [0.25, 0.3) is 0 Å². The minimum atomic E-state index is -0.207. The Labute approximate surface area is 79.0 Å². The molecule has 0 unspecified atom stereocenters. The highest BCUT2D eigenvalue weighted by atomic mass is 16.6. The van der Waals surface area contributed by atoms with E-state index in [-0.39, 0.29) is 18.2 Å². The lowest BCUT2D eigenvalue weighted by molar-refractivity contribution is 0.0695. The van der Waals surface area contributed by atoms with Crippen molar-refractivity contribution in [2.45, 2.75) is 38.8 Å². The van der Waals surface area contributed by atoms with E-state index in [9.17, 15) is 4.79 Å². The van der Waals surface area contributed by atoms with Crippen LogP contribution in [0.2, 0.25) is 0 Å². The summed E-state index contributed by atoms with van der Waals surface area (Å²) >= 11 is 0. The van der Waals surface area contributed by atoms with Gasteiger partial charge in [-0.15, -0.1) is 0 Å². The maximum Gasteiger partial charge on any atom is 0.410 e. The molecule has 1 aliphatic rings. The zero-order valence-electron chi connectivity index (χ0n) is 8.32. The van der Waals surface area contributed by atoms with E-state index in [1.807, 2.05) is 13.8 Å². The van der Waals surface area contributed by atoms with E-state index in [4.69, 9.17) is 10.5 Å². The first kappa shape index (κ1) is 10.3. The van der Waals surface area contributed by atoms with Gasteiger partial charge in [0.15, 0.2) is 0 Å². The molecule has 1 rings (SSSR count). The van der Waals surface area contributed by atoms with Gasteiger partial charge in [0.2, 0.25) is 0 Å². The van der Waals surface area contributed by atoms with E-state index in [0.29, 0.717) is 0 Å². The summed E-state index contributed by atoms with van der Waals surface area (Å²) in [5.41, 5.74) is 5.72. The predicted molar refractivity (Wildman–Crippen MR) is 50.4 cm³/mol. The first-order valence-corrected chi connectivity index (χ1v) is 4.80. The highest BCUT2D eigenvalue weighted by Crippen LogP contribution is 2.09. The van der Waals surface area contributed by atoms with Gasteiger partial charge in [-0.1, -0.05) is 0 Å². The van der Waals surface area contributed by atoms with Crippen molar-refractivity contribution in [1.29, 1.82) is 0 Å². The number of nitrogens with zero attached hydrogens (tertiary/aromatic N) is 1. The average molecular weight is 186 g/mol. The summed E-state index contributed by atoms with van der Waals surface area (Å²) in [6.45, 7) is 5.17. The van der Waals surface area contributed by atoms with E-state index in [0.717, 1.165) is 25.9 Å². The van der Waals surface area contributed by atoms with Crippen molar-refractivity contribution in [2.75, 3.05) is 13.1 Å². The van der Waals surface area contributed by atoms with E-state index in [2.05, 4.69) is 0 Å². The summed E-state index contributed by atoms with van der Waals surface area (Å²) in [6, 6.07) is 0.253. The Morgan fingerprint density at radius 3 is 2.46 bits per heavy atom. The topological polar surface area (TPSA) is 55.6 Å². The van der Waals surface area contributed by atoms with Crippen molar-refractivity contribution in [3.63, 3.8) is 0 Å². The number of carbonyl (C=O) groups excluding carboxylic acids is 1. The third-order valence-corrected chi connectivity index (χ3v) is 2.13. The van der Waals surface area contributed by atoms with Crippen LogP contribution in [0.3, 0.4) is 0 Å². The standard InChI is InChI=1S/C9H18N2O2/c1-7(2)13-9(12)11-5-3-8(10)4-6-11/h7-8H,3-6,10H2,1-2H3. The van der Waals surface area contributed by atoms with E-state index in [1.54, 1.807) is 4.90 Å². The molecule has 2 N–H and O–H groups in total. The number of nitrogens with two attached hydrogens (primary N) is 1. The minimum Gasteiger partial charge on any atom is -0.447 e. The fourth-order valence-corrected chi connectivity index (χ4v) is 1.36. The van der Waals surface area contributed by atoms with Crippen LogP contribution in [0.15, 0.2) is 0 Å². The van der Waals surface area contributed by atoms with E-state index < -0.39 is 0 Å². The monoisotopic (exact) mass is 186 g/mol. The smallest absolute Gasteiger partial charge is 0.410 e. The molecule has 1 heterocycles. The molecule has 4 nitrogen and oxygen atoms in total. The largest absolute Gasteiger partial charge is 0.447 e. The van der Waals surface area contributed by atoms with Gasteiger partial charge >= 0.3 is 6.09 Å². The Kier molecular flexibility index (Phi) is 3.54. The van der Waals surface area contributed by atoms with Gasteiger partial charge in [-0.05, 0) is 26.7 Å². The molecular weight excluding hydrogens is 168 g/mol. The molecule has 1 fully saturated rings. The van der Waals surface area contributed by atoms with Crippen LogP contribution in [0.4, 0.5) is 4.79 Å². The molecule has 4 heteroatoms. The Hall–Kier alpha value is -0.770. The van der Waals surface area contributed by atoms with E-state index >= 15 is 0 Å². The summed E-state index contributed by atoms with van der Waals surface area (Å²) in [7, 11) is 0. The number of rotatable bonds is 1. The zero-order valence-corrected chi connectivity index (χ0v) is 8.32. The van der Waals surface area contributed by atoms with Crippen LogP contribution in [-0.4, -0.2) is 36.2 Å². The Morgan fingerprint density at radius 2 is 2.00 bits per heavy atom. The molecule has 0 aromatic heterocycles. The summed E-state index contributed by atoms with van der Waals surface area (Å²) < 4.78 is 5.07. The zero-order chi connectivity index (χ0) is 9.84. The predicted octanol–water partition coefficient (Wildman–Crippen LogP) is 0.955. The molecule has 1 saturated heterocycles. The molecule has 76 valence electrons. The maximum atomic E-state index is 11.4. The highest BCUT2D eigenvalue weighted by molar-refractivity contribution is 5.67. The highest BCUT2D eigenvalue weighted by Gasteiger charge is 2.21. The fourth-order valence-electron chi connectivity index (χ4n) is 1.36. The third kappa shape index (κ3) is 3.22. The van der Waals surface area contributed by atoms with Crippen LogP contribution < -0.4 is 5.73 Å². The molecular formula is C9H18N2O2. The Bertz CT molecular complexity index is 174. The Balaban J connectivity index is 2.31. The molecule has 0 atom stereocenters. The van der Waals surface area contributed by atoms with Crippen LogP contribution in [-0.2, 0) is 4.74 Å². The van der Waals surface area contributed by atoms with Crippen molar-refractivity contribution >= 4 is 6.09 Å². The first-order chi connectivity index (χ1) is 6.09. The molecule has 0 radical (unpaired) electrons. The Morgan fingerprint density at radius 1 is 1.46 bits per heavy atom. The third-order valence-electron chi connectivity index (χ3n) is 2.13. The number of amides is 1. The van der Waals surface area contributed by atoms with Gasteiger partial charge in [0, 0.05) is 19.1 Å². The van der Waals surface area contributed by atoms with Crippen LogP contribution in [0.1, 0.15) is 26.7 Å². The number of carbonyl (C=O) groups is 1. The quantitative estimate of drug-likeness (QED) is 0.663. The normalized spacial score (nSPS) is 19.2. The molecule has 0 bridgehead atoms. The lowest BCUT2D eigenvalue weighted by Gasteiger charge is -2.29. The molecule has 0 aliphatic carbocycles. The second-order valence-electron chi connectivity index (χ2n) is 3.76. The molecule has 0 saturated carbocycles. The van der Waals surface area contributed by atoms with Crippen molar-refractivity contribution in [3.05, 3.63) is 0 Å². The summed E-state index contributed by atoms with van der Waals surface area (Å²) in [5, 5.41) is 0. The number of likely N-dealkylation sites (tertiary alicyclic amines) is 1. The average Bonchev–Trinajstić information content (AvgIpc) is 2.04. The summed E-state index contributed by atoms with van der Waals surface area (Å²) in [5.74, 6) is 0. The summed E-state index contributed by atoms with van der Waals surface area (Å²) in [6.07, 6.45) is 1.52. The maximum absolute atomic E-state index is 11.4. The molecule has 1 aliphatic heterocycles. The molecule has 0 spiro atoms. The van der Waals surface area contributed by atoms with Crippen LogP contribution >= 0.6 is 0 Å². The number of ether oxygens (including phenoxy) is 1. The minimum absolute atomic E-state index is 0.0388. The SMILES string of the molecule is CC(C)OC(=O)N1CCC(N)CC1. The van der Waals surface area contributed by atoms with Gasteiger partial charge in [-0.2, -0.15) is 0 Å². The molecule has 1 amide bonds. The number of piperidine rings is 1. The second kappa shape index (κ2) is 4.46.